The van der Waals surface area contributed by atoms with E-state index in [0.29, 0.717) is 26.1 Å². The van der Waals surface area contributed by atoms with E-state index >= 15 is 0 Å². The second-order valence-electron chi connectivity index (χ2n) is 2.71. The van der Waals surface area contributed by atoms with Gasteiger partial charge in [0.05, 0.1) is 0 Å². The molecule has 0 fully saturated rings. The monoisotopic (exact) mass is 213 g/mol. The van der Waals surface area contributed by atoms with Crippen molar-refractivity contribution in [2.75, 3.05) is 26.2 Å². The van der Waals surface area contributed by atoms with Crippen LogP contribution in [0.3, 0.4) is 0 Å². The third-order valence-corrected chi connectivity index (χ3v) is 2.10. The SMILES string of the molecule is NCCCNCC(Cl)(Cl)CCN. The number of nitrogens with one attached hydrogen (secondary N) is 1. The second-order valence-corrected chi connectivity index (χ2v) is 4.35. The highest BCUT2D eigenvalue weighted by molar-refractivity contribution is 6.48. The van der Waals surface area contributed by atoms with E-state index in [1.165, 1.54) is 0 Å². The molecule has 12 heavy (non-hydrogen) atoms. The van der Waals surface area contributed by atoms with E-state index in [0.717, 1.165) is 13.0 Å². The standard InChI is InChI=1S/C7H17Cl2N3/c8-7(9,2-4-11)6-12-5-1-3-10/h12H,1-6,10-11H2. The van der Waals surface area contributed by atoms with E-state index in [9.17, 15) is 0 Å². The van der Waals surface area contributed by atoms with Crippen LogP contribution < -0.4 is 16.8 Å². The molecule has 0 saturated heterocycles. The molecule has 5 N–H and O–H groups in total. The highest BCUT2D eigenvalue weighted by Crippen LogP contribution is 2.23. The molecule has 0 aromatic carbocycles. The van der Waals surface area contributed by atoms with Gasteiger partial charge in [0.2, 0.25) is 0 Å². The fraction of sp³-hybridized carbons (Fsp3) is 1.00. The minimum absolute atomic E-state index is 0.506. The van der Waals surface area contributed by atoms with E-state index in [2.05, 4.69) is 5.32 Å². The maximum Gasteiger partial charge on any atom is 0.131 e. The Morgan fingerprint density at radius 3 is 2.33 bits per heavy atom. The summed E-state index contributed by atoms with van der Waals surface area (Å²) >= 11 is 11.8. The minimum atomic E-state index is -0.733. The Labute approximate surface area is 83.8 Å². The molecule has 0 rings (SSSR count). The summed E-state index contributed by atoms with van der Waals surface area (Å²) in [6.45, 7) is 2.60. The second kappa shape index (κ2) is 6.92. The van der Waals surface area contributed by atoms with Crippen LogP contribution in [0.5, 0.6) is 0 Å². The molecule has 0 spiro atoms. The molecule has 0 amide bonds. The number of nitrogens with two attached hydrogens (primary N) is 2. The van der Waals surface area contributed by atoms with Gasteiger partial charge in [0, 0.05) is 6.54 Å². The molecular weight excluding hydrogens is 197 g/mol. The van der Waals surface area contributed by atoms with Crippen molar-refractivity contribution in [3.05, 3.63) is 0 Å². The summed E-state index contributed by atoms with van der Waals surface area (Å²) < 4.78 is -0.733. The molecule has 0 aliphatic carbocycles. The lowest BCUT2D eigenvalue weighted by atomic mass is 10.3. The Hall–Kier alpha value is 0.460. The number of hydrogen-bond acceptors (Lipinski definition) is 3. The van der Waals surface area contributed by atoms with Crippen molar-refractivity contribution in [2.24, 2.45) is 11.5 Å². The number of alkyl halides is 2. The lowest BCUT2D eigenvalue weighted by Gasteiger charge is -2.18. The van der Waals surface area contributed by atoms with Crippen molar-refractivity contribution in [3.63, 3.8) is 0 Å². The maximum atomic E-state index is 5.91. The lowest BCUT2D eigenvalue weighted by Crippen LogP contribution is -2.33. The van der Waals surface area contributed by atoms with Crippen molar-refractivity contribution < 1.29 is 0 Å². The highest BCUT2D eigenvalue weighted by Gasteiger charge is 2.21. The van der Waals surface area contributed by atoms with Crippen LogP contribution in [0.15, 0.2) is 0 Å². The van der Waals surface area contributed by atoms with Crippen molar-refractivity contribution in [2.45, 2.75) is 17.2 Å². The van der Waals surface area contributed by atoms with Crippen molar-refractivity contribution in [1.29, 1.82) is 0 Å². The quantitative estimate of drug-likeness (QED) is 0.426. The molecule has 0 aromatic rings. The minimum Gasteiger partial charge on any atom is -0.330 e. The molecule has 0 bridgehead atoms. The number of hydrogen-bond donors (Lipinski definition) is 3. The number of halogens is 2. The molecule has 5 heteroatoms. The first-order valence-electron chi connectivity index (χ1n) is 4.11. The topological polar surface area (TPSA) is 64.1 Å². The van der Waals surface area contributed by atoms with E-state index in [-0.39, 0.29) is 0 Å². The molecule has 3 nitrogen and oxygen atoms in total. The first-order valence-corrected chi connectivity index (χ1v) is 4.86. The van der Waals surface area contributed by atoms with Gasteiger partial charge in [0.25, 0.3) is 0 Å². The van der Waals surface area contributed by atoms with Gasteiger partial charge in [-0.1, -0.05) is 0 Å². The molecule has 0 aromatic heterocycles. The maximum absolute atomic E-state index is 5.91. The van der Waals surface area contributed by atoms with Gasteiger partial charge in [-0.05, 0) is 32.5 Å². The van der Waals surface area contributed by atoms with Crippen molar-refractivity contribution in [1.82, 2.24) is 5.32 Å². The third kappa shape index (κ3) is 7.13. The van der Waals surface area contributed by atoms with Gasteiger partial charge in [-0.15, -0.1) is 23.2 Å². The first kappa shape index (κ1) is 12.5. The molecule has 0 aliphatic heterocycles. The molecule has 0 atom stereocenters. The molecule has 0 unspecified atom stereocenters. The summed E-state index contributed by atoms with van der Waals surface area (Å²) in [7, 11) is 0. The average Bonchev–Trinajstić information content (AvgIpc) is 1.98. The summed E-state index contributed by atoms with van der Waals surface area (Å²) in [5.74, 6) is 0. The zero-order valence-electron chi connectivity index (χ0n) is 7.15. The van der Waals surface area contributed by atoms with E-state index in [1.54, 1.807) is 0 Å². The number of rotatable bonds is 7. The predicted molar refractivity (Wildman–Crippen MR) is 54.6 cm³/mol. The van der Waals surface area contributed by atoms with Gasteiger partial charge in [0.15, 0.2) is 0 Å². The van der Waals surface area contributed by atoms with Crippen LogP contribution in [-0.4, -0.2) is 30.5 Å². The van der Waals surface area contributed by atoms with Gasteiger partial charge >= 0.3 is 0 Å². The van der Waals surface area contributed by atoms with Crippen LogP contribution in [0, 0.1) is 0 Å². The van der Waals surface area contributed by atoms with Crippen molar-refractivity contribution >= 4 is 23.2 Å². The predicted octanol–water partition coefficient (Wildman–Crippen LogP) is 0.448. The van der Waals surface area contributed by atoms with Gasteiger partial charge in [-0.2, -0.15) is 0 Å². The van der Waals surface area contributed by atoms with Gasteiger partial charge in [-0.3, -0.25) is 0 Å². The molecular formula is C7H17Cl2N3. The molecule has 0 heterocycles. The Kier molecular flexibility index (Phi) is 7.19. The van der Waals surface area contributed by atoms with Crippen molar-refractivity contribution in [3.8, 4) is 0 Å². The van der Waals surface area contributed by atoms with Crippen LogP contribution >= 0.6 is 23.2 Å². The van der Waals surface area contributed by atoms with Gasteiger partial charge in [-0.25, -0.2) is 0 Å². The Balaban J connectivity index is 3.33. The Morgan fingerprint density at radius 1 is 1.17 bits per heavy atom. The molecule has 0 saturated carbocycles. The summed E-state index contributed by atoms with van der Waals surface area (Å²) in [6.07, 6.45) is 1.54. The van der Waals surface area contributed by atoms with E-state index < -0.39 is 4.33 Å². The molecule has 0 aliphatic rings. The smallest absolute Gasteiger partial charge is 0.131 e. The fourth-order valence-electron chi connectivity index (χ4n) is 0.798. The van der Waals surface area contributed by atoms with E-state index in [4.69, 9.17) is 34.7 Å². The van der Waals surface area contributed by atoms with Crippen LogP contribution in [-0.2, 0) is 0 Å². The lowest BCUT2D eigenvalue weighted by molar-refractivity contribution is 0.586. The fourth-order valence-corrected chi connectivity index (χ4v) is 1.21. The summed E-state index contributed by atoms with van der Waals surface area (Å²) in [6, 6.07) is 0. The largest absolute Gasteiger partial charge is 0.330 e. The molecule has 0 radical (unpaired) electrons. The van der Waals surface area contributed by atoms with E-state index in [1.807, 2.05) is 0 Å². The Bertz CT molecular complexity index is 109. The highest BCUT2D eigenvalue weighted by atomic mass is 35.5. The summed E-state index contributed by atoms with van der Waals surface area (Å²) in [5, 5.41) is 3.11. The summed E-state index contributed by atoms with van der Waals surface area (Å²) in [4.78, 5) is 0. The molecule has 74 valence electrons. The normalized spacial score (nSPS) is 12.0. The summed E-state index contributed by atoms with van der Waals surface area (Å²) in [5.41, 5.74) is 10.6. The zero-order chi connectivity index (χ0) is 9.45. The third-order valence-electron chi connectivity index (χ3n) is 1.45. The zero-order valence-corrected chi connectivity index (χ0v) is 8.67. The van der Waals surface area contributed by atoms with Gasteiger partial charge < -0.3 is 16.8 Å². The van der Waals surface area contributed by atoms with Crippen LogP contribution in [0.4, 0.5) is 0 Å². The Morgan fingerprint density at radius 2 is 1.83 bits per heavy atom. The van der Waals surface area contributed by atoms with Crippen LogP contribution in [0.2, 0.25) is 0 Å². The van der Waals surface area contributed by atoms with Crippen LogP contribution in [0.1, 0.15) is 12.8 Å². The first-order chi connectivity index (χ1) is 5.62. The van der Waals surface area contributed by atoms with Gasteiger partial charge in [0.1, 0.15) is 4.33 Å². The van der Waals surface area contributed by atoms with Crippen LogP contribution in [0.25, 0.3) is 0 Å². The average molecular weight is 214 g/mol.